The van der Waals surface area contributed by atoms with Crippen LogP contribution in [0.5, 0.6) is 11.5 Å². The molecular formula is C15H15ClO. The Bertz CT molecular complexity index is 465. The number of hydrogen-bond acceptors (Lipinski definition) is 1. The summed E-state index contributed by atoms with van der Waals surface area (Å²) in [6.07, 6.45) is 0.855. The van der Waals surface area contributed by atoms with Gasteiger partial charge in [-0.3, -0.25) is 0 Å². The van der Waals surface area contributed by atoms with Gasteiger partial charge in [0.25, 0.3) is 0 Å². The minimum absolute atomic E-state index is 0.141. The van der Waals surface area contributed by atoms with Gasteiger partial charge in [0.2, 0.25) is 0 Å². The number of hydrogen-bond donors (Lipinski definition) is 0. The predicted octanol–water partition coefficient (Wildman–Crippen LogP) is 4.65. The van der Waals surface area contributed by atoms with Crippen LogP contribution in [0.2, 0.25) is 0 Å². The first-order chi connectivity index (χ1) is 8.24. The van der Waals surface area contributed by atoms with Gasteiger partial charge in [-0.25, -0.2) is 0 Å². The Balaban J connectivity index is 2.11. The van der Waals surface area contributed by atoms with Gasteiger partial charge in [0.05, 0.1) is 0 Å². The van der Waals surface area contributed by atoms with E-state index in [0.717, 1.165) is 17.9 Å². The van der Waals surface area contributed by atoms with Crippen molar-refractivity contribution in [2.24, 2.45) is 0 Å². The summed E-state index contributed by atoms with van der Waals surface area (Å²) in [5.74, 6) is 1.70. The number of alkyl halides is 1. The summed E-state index contributed by atoms with van der Waals surface area (Å²) in [4.78, 5) is 0. The number of benzene rings is 2. The third-order valence-corrected chi connectivity index (χ3v) is 2.55. The SMILES string of the molecule is CC(Cl)Cc1cccc(Oc2ccccc2)c1. The average molecular weight is 247 g/mol. The van der Waals surface area contributed by atoms with Crippen molar-refractivity contribution < 1.29 is 4.74 Å². The summed E-state index contributed by atoms with van der Waals surface area (Å²) in [6.45, 7) is 1.99. The largest absolute Gasteiger partial charge is 0.457 e. The fourth-order valence-electron chi connectivity index (χ4n) is 1.69. The lowest BCUT2D eigenvalue weighted by atomic mass is 10.1. The Hall–Kier alpha value is -1.47. The van der Waals surface area contributed by atoms with Gasteiger partial charge in [0.1, 0.15) is 11.5 Å². The molecule has 0 aliphatic rings. The van der Waals surface area contributed by atoms with Gasteiger partial charge in [0, 0.05) is 5.38 Å². The van der Waals surface area contributed by atoms with Gasteiger partial charge in [-0.05, 0) is 43.2 Å². The monoisotopic (exact) mass is 246 g/mol. The van der Waals surface area contributed by atoms with E-state index in [0.29, 0.717) is 0 Å². The van der Waals surface area contributed by atoms with Crippen molar-refractivity contribution in [2.45, 2.75) is 18.7 Å². The quantitative estimate of drug-likeness (QED) is 0.714. The molecule has 0 bridgehead atoms. The molecule has 88 valence electrons. The van der Waals surface area contributed by atoms with Crippen LogP contribution in [0, 0.1) is 0 Å². The molecule has 17 heavy (non-hydrogen) atoms. The lowest BCUT2D eigenvalue weighted by Gasteiger charge is -2.08. The van der Waals surface area contributed by atoms with Crippen molar-refractivity contribution in [3.05, 3.63) is 60.2 Å². The molecule has 0 spiro atoms. The van der Waals surface area contributed by atoms with Gasteiger partial charge in [0.15, 0.2) is 0 Å². The first-order valence-corrected chi connectivity index (χ1v) is 6.13. The molecule has 0 heterocycles. The second-order valence-corrected chi connectivity index (χ2v) is 4.79. The van der Waals surface area contributed by atoms with Gasteiger partial charge in [-0.15, -0.1) is 11.6 Å². The van der Waals surface area contributed by atoms with E-state index in [4.69, 9.17) is 16.3 Å². The maximum absolute atomic E-state index is 5.98. The molecule has 0 aromatic heterocycles. The number of rotatable bonds is 4. The van der Waals surface area contributed by atoms with E-state index >= 15 is 0 Å². The Morgan fingerprint density at radius 1 is 1.00 bits per heavy atom. The zero-order valence-corrected chi connectivity index (χ0v) is 10.5. The van der Waals surface area contributed by atoms with E-state index < -0.39 is 0 Å². The predicted molar refractivity (Wildman–Crippen MR) is 72.0 cm³/mol. The number of para-hydroxylation sites is 1. The highest BCUT2D eigenvalue weighted by molar-refractivity contribution is 6.20. The van der Waals surface area contributed by atoms with Crippen LogP contribution in [0.1, 0.15) is 12.5 Å². The molecule has 0 N–H and O–H groups in total. The third-order valence-electron chi connectivity index (χ3n) is 2.39. The smallest absolute Gasteiger partial charge is 0.127 e. The van der Waals surface area contributed by atoms with E-state index in [9.17, 15) is 0 Å². The topological polar surface area (TPSA) is 9.23 Å². The summed E-state index contributed by atoms with van der Waals surface area (Å²) < 4.78 is 5.76. The minimum atomic E-state index is 0.141. The van der Waals surface area contributed by atoms with Crippen LogP contribution >= 0.6 is 11.6 Å². The van der Waals surface area contributed by atoms with Crippen molar-refractivity contribution in [1.29, 1.82) is 0 Å². The molecule has 0 amide bonds. The van der Waals surface area contributed by atoms with Crippen molar-refractivity contribution in [3.63, 3.8) is 0 Å². The summed E-state index contributed by atoms with van der Waals surface area (Å²) in [7, 11) is 0. The summed E-state index contributed by atoms with van der Waals surface area (Å²) in [5.41, 5.74) is 1.20. The maximum Gasteiger partial charge on any atom is 0.127 e. The number of ether oxygens (including phenoxy) is 1. The first kappa shape index (κ1) is 12.0. The van der Waals surface area contributed by atoms with Crippen LogP contribution in [0.4, 0.5) is 0 Å². The molecule has 0 saturated heterocycles. The molecule has 2 heteroatoms. The van der Waals surface area contributed by atoms with Crippen LogP contribution in [0.25, 0.3) is 0 Å². The third kappa shape index (κ3) is 3.79. The lowest BCUT2D eigenvalue weighted by Crippen LogP contribution is -1.97. The highest BCUT2D eigenvalue weighted by atomic mass is 35.5. The molecule has 0 radical (unpaired) electrons. The minimum Gasteiger partial charge on any atom is -0.457 e. The molecule has 0 aliphatic carbocycles. The molecule has 1 atom stereocenters. The highest BCUT2D eigenvalue weighted by Gasteiger charge is 2.02. The molecule has 2 aromatic carbocycles. The molecule has 2 rings (SSSR count). The van der Waals surface area contributed by atoms with E-state index in [-0.39, 0.29) is 5.38 Å². The first-order valence-electron chi connectivity index (χ1n) is 5.70. The summed E-state index contributed by atoms with van der Waals surface area (Å²) in [6, 6.07) is 17.8. The van der Waals surface area contributed by atoms with E-state index in [2.05, 4.69) is 6.07 Å². The van der Waals surface area contributed by atoms with Crippen LogP contribution < -0.4 is 4.74 Å². The van der Waals surface area contributed by atoms with Crippen molar-refractivity contribution >= 4 is 11.6 Å². The van der Waals surface area contributed by atoms with Crippen molar-refractivity contribution in [1.82, 2.24) is 0 Å². The van der Waals surface area contributed by atoms with E-state index in [1.807, 2.05) is 55.5 Å². The summed E-state index contributed by atoms with van der Waals surface area (Å²) >= 11 is 5.98. The molecule has 0 saturated carbocycles. The van der Waals surface area contributed by atoms with Gasteiger partial charge in [-0.1, -0.05) is 30.3 Å². The highest BCUT2D eigenvalue weighted by Crippen LogP contribution is 2.22. The molecule has 0 aliphatic heterocycles. The lowest BCUT2D eigenvalue weighted by molar-refractivity contribution is 0.482. The van der Waals surface area contributed by atoms with Crippen LogP contribution in [-0.2, 0) is 6.42 Å². The zero-order chi connectivity index (χ0) is 12.1. The normalized spacial score (nSPS) is 12.1. The fraction of sp³-hybridized carbons (Fsp3) is 0.200. The molecule has 0 fully saturated rings. The Morgan fingerprint density at radius 3 is 2.41 bits per heavy atom. The fourth-order valence-corrected chi connectivity index (χ4v) is 1.86. The molecule has 2 aromatic rings. The second-order valence-electron chi connectivity index (χ2n) is 4.05. The Kier molecular flexibility index (Phi) is 4.05. The van der Waals surface area contributed by atoms with E-state index in [1.165, 1.54) is 5.56 Å². The van der Waals surface area contributed by atoms with Crippen molar-refractivity contribution in [2.75, 3.05) is 0 Å². The second kappa shape index (κ2) is 5.74. The van der Waals surface area contributed by atoms with Gasteiger partial charge < -0.3 is 4.74 Å². The molecule has 1 nitrogen and oxygen atoms in total. The van der Waals surface area contributed by atoms with Gasteiger partial charge in [-0.2, -0.15) is 0 Å². The van der Waals surface area contributed by atoms with Crippen LogP contribution in [0.3, 0.4) is 0 Å². The molecule has 1 unspecified atom stereocenters. The van der Waals surface area contributed by atoms with Crippen molar-refractivity contribution in [3.8, 4) is 11.5 Å². The van der Waals surface area contributed by atoms with Crippen LogP contribution in [-0.4, -0.2) is 5.38 Å². The Morgan fingerprint density at radius 2 is 1.71 bits per heavy atom. The zero-order valence-electron chi connectivity index (χ0n) is 9.77. The summed E-state index contributed by atoms with van der Waals surface area (Å²) in [5, 5.41) is 0.141. The number of halogens is 1. The Labute approximate surface area is 107 Å². The van der Waals surface area contributed by atoms with Gasteiger partial charge >= 0.3 is 0 Å². The van der Waals surface area contributed by atoms with E-state index in [1.54, 1.807) is 0 Å². The average Bonchev–Trinajstić information content (AvgIpc) is 2.30. The standard InChI is InChI=1S/C15H15ClO/c1-12(16)10-13-6-5-9-15(11-13)17-14-7-3-2-4-8-14/h2-9,11-12H,10H2,1H3. The van der Waals surface area contributed by atoms with Crippen LogP contribution in [0.15, 0.2) is 54.6 Å². The maximum atomic E-state index is 5.98. The molecular weight excluding hydrogens is 232 g/mol.